The lowest BCUT2D eigenvalue weighted by atomic mass is 9.98. The zero-order chi connectivity index (χ0) is 18.2. The largest absolute Gasteiger partial charge is 0.508 e. The number of hydrazone groups is 1. The van der Waals surface area contributed by atoms with E-state index >= 15 is 0 Å². The lowest BCUT2D eigenvalue weighted by Crippen LogP contribution is -2.25. The van der Waals surface area contributed by atoms with E-state index in [1.165, 1.54) is 0 Å². The van der Waals surface area contributed by atoms with Gasteiger partial charge >= 0.3 is 0 Å². The maximum atomic E-state index is 12.0. The normalized spacial score (nSPS) is 12.5. The Labute approximate surface area is 148 Å². The van der Waals surface area contributed by atoms with Crippen LogP contribution in [0.15, 0.2) is 53.6 Å². The number of nitrogens with zero attached hydrogens (tertiary/aromatic N) is 1. The summed E-state index contributed by atoms with van der Waals surface area (Å²) in [5.74, 6) is 0.910. The van der Waals surface area contributed by atoms with Crippen molar-refractivity contribution in [2.45, 2.75) is 33.1 Å². The van der Waals surface area contributed by atoms with Crippen LogP contribution in [-0.2, 0) is 4.79 Å². The number of hydrogen-bond acceptors (Lipinski definition) is 4. The van der Waals surface area contributed by atoms with Crippen LogP contribution >= 0.6 is 0 Å². The minimum Gasteiger partial charge on any atom is -0.508 e. The Bertz CT molecular complexity index is 756. The molecular weight excluding hydrogens is 316 g/mol. The number of nitrogens with one attached hydrogen (secondary N) is 1. The van der Waals surface area contributed by atoms with Gasteiger partial charge in [-0.05, 0) is 43.0 Å². The van der Waals surface area contributed by atoms with Gasteiger partial charge in [-0.15, -0.1) is 0 Å². The molecule has 5 heteroatoms. The molecule has 0 aliphatic rings. The molecule has 0 heterocycles. The summed E-state index contributed by atoms with van der Waals surface area (Å²) in [6.07, 6.45) is 1.000. The zero-order valence-corrected chi connectivity index (χ0v) is 14.8. The highest BCUT2D eigenvalue weighted by Crippen LogP contribution is 2.28. The van der Waals surface area contributed by atoms with E-state index in [1.807, 2.05) is 30.3 Å². The van der Waals surface area contributed by atoms with Crippen LogP contribution in [0.1, 0.15) is 44.2 Å². The molecule has 2 N–H and O–H groups in total. The Kier molecular flexibility index (Phi) is 6.57. The number of benzene rings is 2. The first kappa shape index (κ1) is 18.5. The molecule has 0 saturated carbocycles. The van der Waals surface area contributed by atoms with Crippen molar-refractivity contribution >= 4 is 11.6 Å². The smallest absolute Gasteiger partial charge is 0.277 e. The molecule has 0 spiro atoms. The number of amides is 1. The molecule has 0 aromatic heterocycles. The highest BCUT2D eigenvalue weighted by Gasteiger charge is 2.11. The Morgan fingerprint density at radius 2 is 2.00 bits per heavy atom. The minimum absolute atomic E-state index is 0.107. The van der Waals surface area contributed by atoms with Gasteiger partial charge in [-0.25, -0.2) is 5.43 Å². The van der Waals surface area contributed by atoms with Crippen LogP contribution < -0.4 is 10.2 Å². The fourth-order valence-electron chi connectivity index (χ4n) is 2.36. The fraction of sp³-hybridized carbons (Fsp3) is 0.300. The Hall–Kier alpha value is -2.82. The maximum absolute atomic E-state index is 12.0. The molecule has 0 bridgehead atoms. The zero-order valence-electron chi connectivity index (χ0n) is 14.8. The quantitative estimate of drug-likeness (QED) is 0.594. The molecule has 0 radical (unpaired) electrons. The van der Waals surface area contributed by atoms with Gasteiger partial charge in [-0.1, -0.05) is 44.2 Å². The molecule has 0 aliphatic heterocycles. The summed E-state index contributed by atoms with van der Waals surface area (Å²) in [6.45, 7) is 5.90. The van der Waals surface area contributed by atoms with Gasteiger partial charge in [0.1, 0.15) is 11.5 Å². The molecule has 1 amide bonds. The molecule has 132 valence electrons. The van der Waals surface area contributed by atoms with E-state index in [2.05, 4.69) is 24.4 Å². The molecular formula is C20H24N2O3. The van der Waals surface area contributed by atoms with Gasteiger partial charge in [0.25, 0.3) is 5.91 Å². The average Bonchev–Trinajstić information content (AvgIpc) is 2.64. The van der Waals surface area contributed by atoms with Crippen molar-refractivity contribution in [3.05, 3.63) is 59.7 Å². The fourth-order valence-corrected chi connectivity index (χ4v) is 2.36. The third-order valence-electron chi connectivity index (χ3n) is 4.03. The lowest BCUT2D eigenvalue weighted by Gasteiger charge is -2.15. The number of hydrogen-bond donors (Lipinski definition) is 2. The summed E-state index contributed by atoms with van der Waals surface area (Å²) in [5, 5.41) is 13.5. The van der Waals surface area contributed by atoms with Crippen molar-refractivity contribution in [3.8, 4) is 11.5 Å². The maximum Gasteiger partial charge on any atom is 0.277 e. The number of ether oxygens (including phenoxy) is 1. The minimum atomic E-state index is -0.335. The second-order valence-corrected chi connectivity index (χ2v) is 5.92. The van der Waals surface area contributed by atoms with Gasteiger partial charge in [0.2, 0.25) is 0 Å². The third kappa shape index (κ3) is 5.35. The Morgan fingerprint density at radius 1 is 1.24 bits per heavy atom. The van der Waals surface area contributed by atoms with Crippen LogP contribution in [0.3, 0.4) is 0 Å². The second kappa shape index (κ2) is 8.87. The van der Waals surface area contributed by atoms with Crippen LogP contribution in [-0.4, -0.2) is 23.3 Å². The average molecular weight is 340 g/mol. The van der Waals surface area contributed by atoms with Gasteiger partial charge in [-0.2, -0.15) is 5.10 Å². The van der Waals surface area contributed by atoms with Crippen LogP contribution in [0, 0.1) is 0 Å². The van der Waals surface area contributed by atoms with Crippen molar-refractivity contribution in [3.63, 3.8) is 0 Å². The predicted octanol–water partition coefficient (Wildman–Crippen LogP) is 3.82. The summed E-state index contributed by atoms with van der Waals surface area (Å²) in [7, 11) is 0. The predicted molar refractivity (Wildman–Crippen MR) is 99.1 cm³/mol. The van der Waals surface area contributed by atoms with Crippen LogP contribution in [0.2, 0.25) is 0 Å². The van der Waals surface area contributed by atoms with Crippen LogP contribution in [0.25, 0.3) is 0 Å². The standard InChI is InChI=1S/C20H24N2O3/c1-4-14(2)18-10-5-6-11-19(18)25-13-20(24)22-21-15(3)16-8-7-9-17(23)12-16/h5-12,14,23H,4,13H2,1-3H3,(H,22,24)/b21-15-. The molecule has 2 aromatic rings. The number of carbonyl (C=O) groups is 1. The highest BCUT2D eigenvalue weighted by atomic mass is 16.5. The first-order valence-corrected chi connectivity index (χ1v) is 8.35. The summed E-state index contributed by atoms with van der Waals surface area (Å²) in [4.78, 5) is 12.0. The number of phenolic OH excluding ortho intramolecular Hbond substituents is 1. The number of rotatable bonds is 7. The van der Waals surface area contributed by atoms with Gasteiger partial charge in [0.05, 0.1) is 5.71 Å². The summed E-state index contributed by atoms with van der Waals surface area (Å²) in [5.41, 5.74) is 4.91. The van der Waals surface area contributed by atoms with E-state index < -0.39 is 0 Å². The summed E-state index contributed by atoms with van der Waals surface area (Å²) < 4.78 is 5.66. The van der Waals surface area contributed by atoms with E-state index in [-0.39, 0.29) is 18.3 Å². The van der Waals surface area contributed by atoms with Gasteiger partial charge in [0, 0.05) is 5.56 Å². The van der Waals surface area contributed by atoms with Crippen LogP contribution in [0.4, 0.5) is 0 Å². The Balaban J connectivity index is 1.94. The molecule has 0 aliphatic carbocycles. The monoisotopic (exact) mass is 340 g/mol. The molecule has 2 rings (SSSR count). The van der Waals surface area contributed by atoms with Crippen molar-refractivity contribution in [1.29, 1.82) is 0 Å². The second-order valence-electron chi connectivity index (χ2n) is 5.92. The van der Waals surface area contributed by atoms with Crippen molar-refractivity contribution < 1.29 is 14.6 Å². The molecule has 0 saturated heterocycles. The van der Waals surface area contributed by atoms with Crippen LogP contribution in [0.5, 0.6) is 11.5 Å². The molecule has 25 heavy (non-hydrogen) atoms. The number of phenols is 1. The number of carbonyl (C=O) groups excluding carboxylic acids is 1. The first-order chi connectivity index (χ1) is 12.0. The van der Waals surface area contributed by atoms with E-state index in [9.17, 15) is 9.90 Å². The van der Waals surface area contributed by atoms with E-state index in [0.717, 1.165) is 23.3 Å². The summed E-state index contributed by atoms with van der Waals surface area (Å²) in [6, 6.07) is 14.5. The first-order valence-electron chi connectivity index (χ1n) is 8.35. The van der Waals surface area contributed by atoms with Crippen molar-refractivity contribution in [2.24, 2.45) is 5.10 Å². The molecule has 2 aromatic carbocycles. The SMILES string of the molecule is CCC(C)c1ccccc1OCC(=O)N/N=C(/C)c1cccc(O)c1. The number of aromatic hydroxyl groups is 1. The highest BCUT2D eigenvalue weighted by molar-refractivity contribution is 5.99. The van der Waals surface area contributed by atoms with Gasteiger partial charge in [-0.3, -0.25) is 4.79 Å². The van der Waals surface area contributed by atoms with E-state index in [1.54, 1.807) is 25.1 Å². The van der Waals surface area contributed by atoms with E-state index in [0.29, 0.717) is 11.6 Å². The molecule has 1 atom stereocenters. The Morgan fingerprint density at radius 3 is 2.72 bits per heavy atom. The van der Waals surface area contributed by atoms with Crippen molar-refractivity contribution in [1.82, 2.24) is 5.43 Å². The van der Waals surface area contributed by atoms with Crippen molar-refractivity contribution in [2.75, 3.05) is 6.61 Å². The lowest BCUT2D eigenvalue weighted by molar-refractivity contribution is -0.123. The molecule has 5 nitrogen and oxygen atoms in total. The molecule has 1 unspecified atom stereocenters. The van der Waals surface area contributed by atoms with Gasteiger partial charge < -0.3 is 9.84 Å². The van der Waals surface area contributed by atoms with E-state index in [4.69, 9.17) is 4.74 Å². The number of para-hydroxylation sites is 1. The topological polar surface area (TPSA) is 70.9 Å². The summed E-state index contributed by atoms with van der Waals surface area (Å²) >= 11 is 0. The van der Waals surface area contributed by atoms with Gasteiger partial charge in [0.15, 0.2) is 6.61 Å². The molecule has 0 fully saturated rings. The third-order valence-corrected chi connectivity index (χ3v) is 4.03.